The lowest BCUT2D eigenvalue weighted by Crippen LogP contribution is -2.15. The highest BCUT2D eigenvalue weighted by Crippen LogP contribution is 2.19. The summed E-state index contributed by atoms with van der Waals surface area (Å²) in [6, 6.07) is 0.712. The standard InChI is InChI=1S/C12H15N5/c1-17-5-4-13-12(17)11-15-7-9(8-16-11)6-14-10-2-3-10/h4-5,7-8,10,14H,2-3,6H2,1H3. The third-order valence-corrected chi connectivity index (χ3v) is 2.90. The van der Waals surface area contributed by atoms with Crippen molar-refractivity contribution in [3.05, 3.63) is 30.4 Å². The van der Waals surface area contributed by atoms with Crippen LogP contribution in [-0.2, 0) is 13.6 Å². The molecular weight excluding hydrogens is 214 g/mol. The van der Waals surface area contributed by atoms with Crippen molar-refractivity contribution >= 4 is 0 Å². The van der Waals surface area contributed by atoms with E-state index in [1.54, 1.807) is 6.20 Å². The second-order valence-electron chi connectivity index (χ2n) is 4.43. The van der Waals surface area contributed by atoms with Crippen LogP contribution in [0.4, 0.5) is 0 Å². The SMILES string of the molecule is Cn1ccnc1-c1ncc(CNC2CC2)cn1. The number of nitrogens with one attached hydrogen (secondary N) is 1. The normalized spacial score (nSPS) is 15.1. The first-order valence-corrected chi connectivity index (χ1v) is 5.85. The van der Waals surface area contributed by atoms with E-state index in [0.29, 0.717) is 11.9 Å². The van der Waals surface area contributed by atoms with Gasteiger partial charge in [-0.15, -0.1) is 0 Å². The zero-order valence-corrected chi connectivity index (χ0v) is 9.80. The molecule has 1 fully saturated rings. The molecule has 5 heteroatoms. The fourth-order valence-corrected chi connectivity index (χ4v) is 1.69. The van der Waals surface area contributed by atoms with Gasteiger partial charge in [0, 0.05) is 50.0 Å². The van der Waals surface area contributed by atoms with E-state index >= 15 is 0 Å². The van der Waals surface area contributed by atoms with Gasteiger partial charge in [0.15, 0.2) is 11.6 Å². The molecule has 0 aliphatic heterocycles. The number of aromatic nitrogens is 4. The minimum Gasteiger partial charge on any atom is -0.331 e. The van der Waals surface area contributed by atoms with E-state index in [4.69, 9.17) is 0 Å². The summed E-state index contributed by atoms with van der Waals surface area (Å²) in [5.41, 5.74) is 1.12. The maximum absolute atomic E-state index is 4.35. The summed E-state index contributed by atoms with van der Waals surface area (Å²) in [5.74, 6) is 1.47. The predicted molar refractivity (Wildman–Crippen MR) is 64.1 cm³/mol. The molecule has 0 unspecified atom stereocenters. The molecule has 0 amide bonds. The molecule has 3 rings (SSSR count). The molecule has 2 aromatic rings. The van der Waals surface area contributed by atoms with Crippen molar-refractivity contribution in [2.75, 3.05) is 0 Å². The van der Waals surface area contributed by atoms with Crippen molar-refractivity contribution in [1.82, 2.24) is 24.8 Å². The highest BCUT2D eigenvalue weighted by molar-refractivity contribution is 5.43. The maximum atomic E-state index is 4.35. The van der Waals surface area contributed by atoms with Crippen molar-refractivity contribution < 1.29 is 0 Å². The van der Waals surface area contributed by atoms with Crippen LogP contribution in [0.1, 0.15) is 18.4 Å². The van der Waals surface area contributed by atoms with Crippen LogP contribution in [0.2, 0.25) is 0 Å². The lowest BCUT2D eigenvalue weighted by atomic mass is 10.3. The zero-order chi connectivity index (χ0) is 11.7. The molecule has 1 N–H and O–H groups in total. The second kappa shape index (κ2) is 4.25. The molecule has 0 radical (unpaired) electrons. The highest BCUT2D eigenvalue weighted by Gasteiger charge is 2.20. The largest absolute Gasteiger partial charge is 0.331 e. The molecule has 0 saturated heterocycles. The van der Waals surface area contributed by atoms with Gasteiger partial charge < -0.3 is 9.88 Å². The first-order chi connectivity index (χ1) is 8.33. The smallest absolute Gasteiger partial charge is 0.195 e. The topological polar surface area (TPSA) is 55.6 Å². The maximum Gasteiger partial charge on any atom is 0.195 e. The molecule has 5 nitrogen and oxygen atoms in total. The van der Waals surface area contributed by atoms with Gasteiger partial charge in [0.05, 0.1) is 0 Å². The average molecular weight is 229 g/mol. The van der Waals surface area contributed by atoms with Gasteiger partial charge in [-0.1, -0.05) is 0 Å². The number of nitrogens with zero attached hydrogens (tertiary/aromatic N) is 4. The molecule has 0 bridgehead atoms. The Morgan fingerprint density at radius 1 is 1.29 bits per heavy atom. The van der Waals surface area contributed by atoms with E-state index in [-0.39, 0.29) is 0 Å². The summed E-state index contributed by atoms with van der Waals surface area (Å²) in [6.45, 7) is 0.853. The number of hydrogen-bond acceptors (Lipinski definition) is 4. The predicted octanol–water partition coefficient (Wildman–Crippen LogP) is 1.13. The minimum absolute atomic E-state index is 0.674. The van der Waals surface area contributed by atoms with Gasteiger partial charge >= 0.3 is 0 Å². The second-order valence-corrected chi connectivity index (χ2v) is 4.43. The van der Waals surface area contributed by atoms with Crippen LogP contribution in [0.15, 0.2) is 24.8 Å². The van der Waals surface area contributed by atoms with Crippen LogP contribution in [0, 0.1) is 0 Å². The van der Waals surface area contributed by atoms with Gasteiger partial charge in [0.1, 0.15) is 0 Å². The summed E-state index contributed by atoms with van der Waals surface area (Å²) >= 11 is 0. The lowest BCUT2D eigenvalue weighted by molar-refractivity contribution is 0.683. The Kier molecular flexibility index (Phi) is 2.60. The van der Waals surface area contributed by atoms with Crippen LogP contribution >= 0.6 is 0 Å². The zero-order valence-electron chi connectivity index (χ0n) is 9.80. The van der Waals surface area contributed by atoms with E-state index in [0.717, 1.165) is 17.9 Å². The van der Waals surface area contributed by atoms with Crippen molar-refractivity contribution in [1.29, 1.82) is 0 Å². The summed E-state index contributed by atoms with van der Waals surface area (Å²) in [4.78, 5) is 12.9. The molecule has 1 saturated carbocycles. The van der Waals surface area contributed by atoms with Gasteiger partial charge in [-0.25, -0.2) is 15.0 Å². The van der Waals surface area contributed by atoms with Crippen molar-refractivity contribution in [3.63, 3.8) is 0 Å². The van der Waals surface area contributed by atoms with Gasteiger partial charge in [-0.2, -0.15) is 0 Å². The Hall–Kier alpha value is -1.75. The van der Waals surface area contributed by atoms with Gasteiger partial charge in [0.25, 0.3) is 0 Å². The monoisotopic (exact) mass is 229 g/mol. The van der Waals surface area contributed by atoms with Crippen molar-refractivity contribution in [3.8, 4) is 11.6 Å². The molecule has 0 aromatic carbocycles. The third-order valence-electron chi connectivity index (χ3n) is 2.90. The Morgan fingerprint density at radius 3 is 2.65 bits per heavy atom. The van der Waals surface area contributed by atoms with Gasteiger partial charge in [0.2, 0.25) is 0 Å². The van der Waals surface area contributed by atoms with E-state index in [1.807, 2.05) is 30.2 Å². The summed E-state index contributed by atoms with van der Waals surface area (Å²) in [6.07, 6.45) is 9.97. The fourth-order valence-electron chi connectivity index (χ4n) is 1.69. The van der Waals surface area contributed by atoms with E-state index < -0.39 is 0 Å². The highest BCUT2D eigenvalue weighted by atomic mass is 15.1. The molecule has 88 valence electrons. The Balaban J connectivity index is 1.72. The number of rotatable bonds is 4. The summed E-state index contributed by atoms with van der Waals surface area (Å²) < 4.78 is 1.91. The van der Waals surface area contributed by atoms with Crippen molar-refractivity contribution in [2.24, 2.45) is 7.05 Å². The van der Waals surface area contributed by atoms with Crippen LogP contribution in [0.25, 0.3) is 11.6 Å². The third kappa shape index (κ3) is 2.34. The molecular formula is C12H15N5. The Morgan fingerprint density at radius 2 is 2.06 bits per heavy atom. The number of hydrogen-bond donors (Lipinski definition) is 1. The van der Waals surface area contributed by atoms with E-state index in [9.17, 15) is 0 Å². The van der Waals surface area contributed by atoms with E-state index in [2.05, 4.69) is 20.3 Å². The van der Waals surface area contributed by atoms with Crippen LogP contribution in [0.3, 0.4) is 0 Å². The van der Waals surface area contributed by atoms with Gasteiger partial charge in [-0.05, 0) is 12.8 Å². The molecule has 2 heterocycles. The Labute approximate surface area is 99.9 Å². The molecule has 1 aliphatic rings. The van der Waals surface area contributed by atoms with Crippen LogP contribution in [-0.4, -0.2) is 25.6 Å². The molecule has 0 atom stereocenters. The van der Waals surface area contributed by atoms with Crippen LogP contribution in [0.5, 0.6) is 0 Å². The average Bonchev–Trinajstić information content (AvgIpc) is 3.09. The summed E-state index contributed by atoms with van der Waals surface area (Å²) in [5, 5.41) is 3.44. The molecule has 2 aromatic heterocycles. The quantitative estimate of drug-likeness (QED) is 0.854. The molecule has 1 aliphatic carbocycles. The van der Waals surface area contributed by atoms with Gasteiger partial charge in [-0.3, -0.25) is 0 Å². The number of aryl methyl sites for hydroxylation is 1. The molecule has 17 heavy (non-hydrogen) atoms. The van der Waals surface area contributed by atoms with E-state index in [1.165, 1.54) is 12.8 Å². The first-order valence-electron chi connectivity index (χ1n) is 5.85. The Bertz CT molecular complexity index is 498. The summed E-state index contributed by atoms with van der Waals surface area (Å²) in [7, 11) is 1.94. The van der Waals surface area contributed by atoms with Crippen molar-refractivity contribution in [2.45, 2.75) is 25.4 Å². The fraction of sp³-hybridized carbons (Fsp3) is 0.417. The minimum atomic E-state index is 0.674. The van der Waals surface area contributed by atoms with Crippen LogP contribution < -0.4 is 5.32 Å². The molecule has 0 spiro atoms. The lowest BCUT2D eigenvalue weighted by Gasteiger charge is -2.03. The first kappa shape index (κ1) is 10.4. The number of imidazole rings is 1.